The molecule has 0 amide bonds. The van der Waals surface area contributed by atoms with Crippen LogP contribution in [0.4, 0.5) is 0 Å². The number of carbonyl (C=O) groups is 1. The lowest BCUT2D eigenvalue weighted by atomic mass is 10.1. The first kappa shape index (κ1) is 16.1. The van der Waals surface area contributed by atoms with Crippen molar-refractivity contribution in [3.8, 4) is 0 Å². The van der Waals surface area contributed by atoms with Gasteiger partial charge in [0.1, 0.15) is 0 Å². The van der Waals surface area contributed by atoms with Crippen molar-refractivity contribution in [1.82, 2.24) is 9.21 Å². The van der Waals surface area contributed by atoms with Crippen molar-refractivity contribution in [2.45, 2.75) is 30.7 Å². The first-order chi connectivity index (χ1) is 9.82. The molecule has 0 aliphatic carbocycles. The number of Topliss-reactive ketones (excluding diaryl/α,β-unsaturated/α-hetero) is 1. The van der Waals surface area contributed by atoms with Crippen LogP contribution in [0.5, 0.6) is 0 Å². The van der Waals surface area contributed by atoms with Crippen LogP contribution in [-0.2, 0) is 10.0 Å². The number of sulfonamides is 1. The van der Waals surface area contributed by atoms with Gasteiger partial charge >= 0.3 is 0 Å². The van der Waals surface area contributed by atoms with Crippen molar-refractivity contribution in [3.05, 3.63) is 29.8 Å². The van der Waals surface area contributed by atoms with Crippen LogP contribution in [0.25, 0.3) is 0 Å². The Kier molecular flexibility index (Phi) is 4.81. The molecule has 5 nitrogen and oxygen atoms in total. The lowest BCUT2D eigenvalue weighted by molar-refractivity contribution is 0.101. The van der Waals surface area contributed by atoms with Gasteiger partial charge in [0.25, 0.3) is 0 Å². The Morgan fingerprint density at radius 1 is 1.29 bits per heavy atom. The molecule has 1 aromatic carbocycles. The van der Waals surface area contributed by atoms with Gasteiger partial charge in [-0.1, -0.05) is 12.1 Å². The zero-order chi connectivity index (χ0) is 15.6. The predicted octanol–water partition coefficient (Wildman–Crippen LogP) is 1.60. The van der Waals surface area contributed by atoms with E-state index in [9.17, 15) is 13.2 Å². The van der Waals surface area contributed by atoms with Gasteiger partial charge in [-0.15, -0.1) is 0 Å². The van der Waals surface area contributed by atoms with Crippen molar-refractivity contribution >= 4 is 15.8 Å². The summed E-state index contributed by atoms with van der Waals surface area (Å²) in [5, 5.41) is 0. The van der Waals surface area contributed by atoms with Crippen LogP contribution < -0.4 is 0 Å². The molecule has 2 rings (SSSR count). The third kappa shape index (κ3) is 3.51. The van der Waals surface area contributed by atoms with Gasteiger partial charge in [-0.3, -0.25) is 4.79 Å². The number of ketones is 1. The second kappa shape index (κ2) is 6.25. The molecule has 0 aromatic heterocycles. The van der Waals surface area contributed by atoms with Gasteiger partial charge < -0.3 is 4.90 Å². The topological polar surface area (TPSA) is 57.7 Å². The average molecular weight is 310 g/mol. The maximum absolute atomic E-state index is 12.6. The summed E-state index contributed by atoms with van der Waals surface area (Å²) in [5.41, 5.74) is 0.522. The maximum atomic E-state index is 12.6. The molecule has 0 N–H and O–H groups in total. The second-order valence-electron chi connectivity index (χ2n) is 5.66. The number of likely N-dealkylation sites (N-methyl/N-ethyl adjacent to an activating group) is 2. The predicted molar refractivity (Wildman–Crippen MR) is 81.9 cm³/mol. The monoisotopic (exact) mass is 310 g/mol. The molecule has 1 aliphatic rings. The van der Waals surface area contributed by atoms with Crippen LogP contribution in [0, 0.1) is 0 Å². The van der Waals surface area contributed by atoms with E-state index in [0.717, 1.165) is 25.9 Å². The fourth-order valence-corrected chi connectivity index (χ4v) is 4.04. The molecule has 1 fully saturated rings. The Bertz CT molecular complexity index is 610. The van der Waals surface area contributed by atoms with E-state index in [-0.39, 0.29) is 16.7 Å². The van der Waals surface area contributed by atoms with Crippen LogP contribution in [0.2, 0.25) is 0 Å². The highest BCUT2D eigenvalue weighted by Crippen LogP contribution is 2.22. The molecule has 1 unspecified atom stereocenters. The van der Waals surface area contributed by atoms with Gasteiger partial charge in [0.05, 0.1) is 4.90 Å². The zero-order valence-electron chi connectivity index (χ0n) is 12.7. The quantitative estimate of drug-likeness (QED) is 0.793. The van der Waals surface area contributed by atoms with Gasteiger partial charge in [0, 0.05) is 25.2 Å². The van der Waals surface area contributed by atoms with Gasteiger partial charge in [-0.05, 0) is 45.5 Å². The number of hydrogen-bond donors (Lipinski definition) is 0. The van der Waals surface area contributed by atoms with Crippen molar-refractivity contribution in [1.29, 1.82) is 0 Å². The van der Waals surface area contributed by atoms with Crippen LogP contribution in [0.15, 0.2) is 29.2 Å². The summed E-state index contributed by atoms with van der Waals surface area (Å²) in [5.74, 6) is -0.0683. The molecule has 21 heavy (non-hydrogen) atoms. The number of carbonyl (C=O) groups excluding carboxylic acids is 1. The summed E-state index contributed by atoms with van der Waals surface area (Å²) < 4.78 is 26.7. The normalized spacial score (nSPS) is 20.7. The van der Waals surface area contributed by atoms with E-state index in [2.05, 4.69) is 4.90 Å². The molecule has 116 valence electrons. The average Bonchev–Trinajstić information content (AvgIpc) is 2.46. The van der Waals surface area contributed by atoms with Crippen LogP contribution in [0.1, 0.15) is 30.1 Å². The van der Waals surface area contributed by atoms with Gasteiger partial charge in [-0.2, -0.15) is 4.31 Å². The Labute approximate surface area is 126 Å². The Morgan fingerprint density at radius 3 is 2.43 bits per heavy atom. The minimum absolute atomic E-state index is 0.00114. The largest absolute Gasteiger partial charge is 0.305 e. The second-order valence-corrected chi connectivity index (χ2v) is 7.66. The highest BCUT2D eigenvalue weighted by atomic mass is 32.2. The third-order valence-electron chi connectivity index (χ3n) is 4.05. The molecule has 0 spiro atoms. The van der Waals surface area contributed by atoms with Crippen LogP contribution in [-0.4, -0.2) is 56.6 Å². The Balaban J connectivity index is 2.22. The molecule has 1 saturated heterocycles. The van der Waals surface area contributed by atoms with E-state index >= 15 is 0 Å². The number of likely N-dealkylation sites (tertiary alicyclic amines) is 1. The fourth-order valence-electron chi connectivity index (χ4n) is 2.66. The lowest BCUT2D eigenvalue weighted by Gasteiger charge is -2.35. The van der Waals surface area contributed by atoms with Crippen LogP contribution >= 0.6 is 0 Å². The summed E-state index contributed by atoms with van der Waals surface area (Å²) in [6.07, 6.45) is 1.88. The summed E-state index contributed by atoms with van der Waals surface area (Å²) in [6.45, 7) is 3.23. The molecular formula is C15H22N2O3S. The Morgan fingerprint density at radius 2 is 1.90 bits per heavy atom. The van der Waals surface area contributed by atoms with E-state index in [1.54, 1.807) is 19.2 Å². The smallest absolute Gasteiger partial charge is 0.243 e. The fraction of sp³-hybridized carbons (Fsp3) is 0.533. The number of rotatable bonds is 4. The van der Waals surface area contributed by atoms with Gasteiger partial charge in [-0.25, -0.2) is 8.42 Å². The molecular weight excluding hydrogens is 288 g/mol. The summed E-state index contributed by atoms with van der Waals surface area (Å²) in [7, 11) is 0.136. The molecule has 0 radical (unpaired) electrons. The first-order valence-corrected chi connectivity index (χ1v) is 8.54. The SMILES string of the molecule is CC(=O)c1ccc(S(=O)(=O)N(C)C2CCCN(C)C2)cc1. The summed E-state index contributed by atoms with van der Waals surface area (Å²) in [6, 6.07) is 6.15. The minimum Gasteiger partial charge on any atom is -0.305 e. The van der Waals surface area contributed by atoms with E-state index in [1.807, 2.05) is 7.05 Å². The number of hydrogen-bond acceptors (Lipinski definition) is 4. The highest BCUT2D eigenvalue weighted by Gasteiger charge is 2.30. The zero-order valence-corrected chi connectivity index (χ0v) is 13.6. The minimum atomic E-state index is -3.51. The van der Waals surface area contributed by atoms with E-state index in [0.29, 0.717) is 5.56 Å². The van der Waals surface area contributed by atoms with Crippen molar-refractivity contribution < 1.29 is 13.2 Å². The molecule has 1 atom stereocenters. The Hall–Kier alpha value is -1.24. The first-order valence-electron chi connectivity index (χ1n) is 7.10. The molecule has 1 aliphatic heterocycles. The van der Waals surface area contributed by atoms with Crippen molar-refractivity contribution in [2.75, 3.05) is 27.2 Å². The molecule has 0 bridgehead atoms. The summed E-state index contributed by atoms with van der Waals surface area (Å²) in [4.78, 5) is 13.6. The maximum Gasteiger partial charge on any atom is 0.243 e. The van der Waals surface area contributed by atoms with E-state index in [4.69, 9.17) is 0 Å². The molecule has 0 saturated carbocycles. The molecule has 6 heteroatoms. The molecule has 1 heterocycles. The number of piperidine rings is 1. The standard InChI is InChI=1S/C15H22N2O3S/c1-12(18)13-6-8-15(9-7-13)21(19,20)17(3)14-5-4-10-16(2)11-14/h6-9,14H,4-5,10-11H2,1-3H3. The summed E-state index contributed by atoms with van der Waals surface area (Å²) >= 11 is 0. The highest BCUT2D eigenvalue weighted by molar-refractivity contribution is 7.89. The lowest BCUT2D eigenvalue weighted by Crippen LogP contribution is -2.47. The van der Waals surface area contributed by atoms with Crippen molar-refractivity contribution in [3.63, 3.8) is 0 Å². The number of benzene rings is 1. The number of nitrogens with zero attached hydrogens (tertiary/aromatic N) is 2. The van der Waals surface area contributed by atoms with Gasteiger partial charge in [0.15, 0.2) is 5.78 Å². The molecule has 1 aromatic rings. The van der Waals surface area contributed by atoms with Crippen LogP contribution in [0.3, 0.4) is 0 Å². The van der Waals surface area contributed by atoms with Gasteiger partial charge in [0.2, 0.25) is 10.0 Å². The van der Waals surface area contributed by atoms with E-state index in [1.165, 1.54) is 23.4 Å². The van der Waals surface area contributed by atoms with E-state index < -0.39 is 10.0 Å². The van der Waals surface area contributed by atoms with Crippen molar-refractivity contribution in [2.24, 2.45) is 0 Å². The third-order valence-corrected chi connectivity index (χ3v) is 5.98.